The summed E-state index contributed by atoms with van der Waals surface area (Å²) in [6.45, 7) is 6.90. The summed E-state index contributed by atoms with van der Waals surface area (Å²) in [5.74, 6) is 0.311. The Morgan fingerprint density at radius 1 is 1.21 bits per heavy atom. The van der Waals surface area contributed by atoms with Crippen LogP contribution in [-0.2, 0) is 16.0 Å². The molecule has 0 unspecified atom stereocenters. The van der Waals surface area contributed by atoms with E-state index in [0.717, 1.165) is 5.56 Å². The van der Waals surface area contributed by atoms with Gasteiger partial charge in [-0.2, -0.15) is 0 Å². The molecule has 0 amide bonds. The van der Waals surface area contributed by atoms with Gasteiger partial charge in [0.25, 0.3) is 0 Å². The van der Waals surface area contributed by atoms with Gasteiger partial charge in [0.05, 0.1) is 30.0 Å². The van der Waals surface area contributed by atoms with Crippen LogP contribution in [0.5, 0.6) is 17.2 Å². The van der Waals surface area contributed by atoms with Crippen LogP contribution in [0.1, 0.15) is 55.6 Å². The molecule has 0 bridgehead atoms. The van der Waals surface area contributed by atoms with Crippen LogP contribution in [0.3, 0.4) is 0 Å². The van der Waals surface area contributed by atoms with Crippen LogP contribution >= 0.6 is 0 Å². The van der Waals surface area contributed by atoms with Crippen molar-refractivity contribution in [1.82, 2.24) is 0 Å². The topological polar surface area (TPSA) is 82.1 Å². The number of carbonyl (C=O) groups is 2. The van der Waals surface area contributed by atoms with Crippen LogP contribution in [0, 0.1) is 0 Å². The highest BCUT2D eigenvalue weighted by molar-refractivity contribution is 6.10. The van der Waals surface area contributed by atoms with Crippen LogP contribution in [-0.4, -0.2) is 35.2 Å². The number of hydrogen-bond acceptors (Lipinski definition) is 6. The average molecular weight is 396 g/mol. The van der Waals surface area contributed by atoms with Gasteiger partial charge in [-0.05, 0) is 56.0 Å². The van der Waals surface area contributed by atoms with E-state index < -0.39 is 17.2 Å². The number of hydrogen-bond donors (Lipinski definition) is 1. The first kappa shape index (κ1) is 19.3. The molecule has 1 N–H and O–H groups in total. The SMILES string of the molecule is COc1cc2cc3c(c(O)c2c2c1C=CC(C)(C)O2)C(=O)C[C@@](C)(OC(C)=O)C3. The Morgan fingerprint density at radius 2 is 1.93 bits per heavy atom. The second-order valence-electron chi connectivity index (χ2n) is 8.54. The smallest absolute Gasteiger partial charge is 0.303 e. The number of benzene rings is 2. The normalized spacial score (nSPS) is 21.9. The number of aromatic hydroxyl groups is 1. The molecule has 0 aromatic heterocycles. The lowest BCUT2D eigenvalue weighted by Gasteiger charge is -2.34. The molecule has 6 nitrogen and oxygen atoms in total. The molecule has 6 heteroatoms. The first-order chi connectivity index (χ1) is 13.5. The van der Waals surface area contributed by atoms with Gasteiger partial charge < -0.3 is 19.3 Å². The summed E-state index contributed by atoms with van der Waals surface area (Å²) in [5, 5.41) is 12.3. The summed E-state index contributed by atoms with van der Waals surface area (Å²) in [6, 6.07) is 3.67. The molecule has 0 saturated heterocycles. The Kier molecular flexibility index (Phi) is 4.15. The molecule has 2 aromatic carbocycles. The van der Waals surface area contributed by atoms with E-state index in [0.29, 0.717) is 34.3 Å². The quantitative estimate of drug-likeness (QED) is 0.767. The zero-order valence-corrected chi connectivity index (χ0v) is 17.2. The number of methoxy groups -OCH3 is 1. The van der Waals surface area contributed by atoms with Crippen LogP contribution in [0.15, 0.2) is 18.2 Å². The van der Waals surface area contributed by atoms with Crippen molar-refractivity contribution in [3.63, 3.8) is 0 Å². The third-order valence-corrected chi connectivity index (χ3v) is 5.44. The second-order valence-corrected chi connectivity index (χ2v) is 8.54. The van der Waals surface area contributed by atoms with E-state index >= 15 is 0 Å². The molecule has 2 aromatic rings. The Hall–Kier alpha value is -3.02. The van der Waals surface area contributed by atoms with Gasteiger partial charge in [0.1, 0.15) is 28.5 Å². The third kappa shape index (κ3) is 3.12. The summed E-state index contributed by atoms with van der Waals surface area (Å²) >= 11 is 0. The van der Waals surface area contributed by atoms with E-state index in [-0.39, 0.29) is 23.5 Å². The fourth-order valence-corrected chi connectivity index (χ4v) is 4.34. The average Bonchev–Trinajstić information content (AvgIpc) is 2.57. The first-order valence-corrected chi connectivity index (χ1v) is 9.54. The van der Waals surface area contributed by atoms with E-state index in [2.05, 4.69) is 0 Å². The Bertz CT molecular complexity index is 1090. The lowest BCUT2D eigenvalue weighted by molar-refractivity contribution is -0.155. The lowest BCUT2D eigenvalue weighted by Crippen LogP contribution is -2.40. The number of esters is 1. The Balaban J connectivity index is 1.98. The predicted octanol–water partition coefficient (Wildman–Crippen LogP) is 4.19. The molecule has 152 valence electrons. The number of fused-ring (bicyclic) bond motifs is 4. The van der Waals surface area contributed by atoms with Crippen molar-refractivity contribution in [2.75, 3.05) is 7.11 Å². The summed E-state index contributed by atoms with van der Waals surface area (Å²) in [5.41, 5.74) is 0.137. The third-order valence-electron chi connectivity index (χ3n) is 5.44. The summed E-state index contributed by atoms with van der Waals surface area (Å²) in [7, 11) is 1.58. The molecule has 1 heterocycles. The molecule has 0 radical (unpaired) electrons. The van der Waals surface area contributed by atoms with Crippen LogP contribution in [0.4, 0.5) is 0 Å². The monoisotopic (exact) mass is 396 g/mol. The highest BCUT2D eigenvalue weighted by Crippen LogP contribution is 2.49. The summed E-state index contributed by atoms with van der Waals surface area (Å²) in [6.07, 6.45) is 4.19. The number of phenols is 1. The summed E-state index contributed by atoms with van der Waals surface area (Å²) < 4.78 is 17.1. The van der Waals surface area contributed by atoms with E-state index in [1.54, 1.807) is 14.0 Å². The maximum Gasteiger partial charge on any atom is 0.303 e. The predicted molar refractivity (Wildman–Crippen MR) is 109 cm³/mol. The minimum atomic E-state index is -0.935. The van der Waals surface area contributed by atoms with Crippen LogP contribution < -0.4 is 9.47 Å². The molecule has 2 aliphatic rings. The molecule has 29 heavy (non-hydrogen) atoms. The van der Waals surface area contributed by atoms with E-state index in [4.69, 9.17) is 14.2 Å². The lowest BCUT2D eigenvalue weighted by atomic mass is 9.78. The molecule has 0 saturated carbocycles. The van der Waals surface area contributed by atoms with Gasteiger partial charge in [-0.3, -0.25) is 9.59 Å². The molecule has 0 fully saturated rings. The van der Waals surface area contributed by atoms with E-state index in [9.17, 15) is 14.7 Å². The fraction of sp³-hybridized carbons (Fsp3) is 0.391. The van der Waals surface area contributed by atoms with Crippen molar-refractivity contribution >= 4 is 28.6 Å². The van der Waals surface area contributed by atoms with Gasteiger partial charge in [-0.1, -0.05) is 0 Å². The van der Waals surface area contributed by atoms with Crippen molar-refractivity contribution in [2.24, 2.45) is 0 Å². The standard InChI is InChI=1S/C23H24O6/c1-12(24)28-23(4)10-14-8-13-9-17(27-5)15-6-7-22(2,3)29-21(15)19(13)20(26)18(14)16(25)11-23/h6-9,26H,10-11H2,1-5H3/t23-/m0/s1. The Labute approximate surface area is 169 Å². The van der Waals surface area contributed by atoms with Gasteiger partial charge in [0, 0.05) is 13.3 Å². The second kappa shape index (κ2) is 6.24. The highest BCUT2D eigenvalue weighted by atomic mass is 16.6. The van der Waals surface area contributed by atoms with Crippen molar-refractivity contribution in [1.29, 1.82) is 0 Å². The van der Waals surface area contributed by atoms with E-state index in [1.807, 2.05) is 38.1 Å². The molecular weight excluding hydrogens is 372 g/mol. The van der Waals surface area contributed by atoms with Crippen molar-refractivity contribution in [3.05, 3.63) is 34.9 Å². The number of ketones is 1. The fourth-order valence-electron chi connectivity index (χ4n) is 4.34. The van der Waals surface area contributed by atoms with Gasteiger partial charge in [-0.25, -0.2) is 0 Å². The Morgan fingerprint density at radius 3 is 2.59 bits per heavy atom. The molecule has 1 atom stereocenters. The van der Waals surface area contributed by atoms with Crippen LogP contribution in [0.2, 0.25) is 0 Å². The first-order valence-electron chi connectivity index (χ1n) is 9.54. The number of carbonyl (C=O) groups excluding carboxylic acids is 2. The van der Waals surface area contributed by atoms with Crippen molar-refractivity contribution in [3.8, 4) is 17.2 Å². The number of phenolic OH excluding ortho intramolecular Hbond substituents is 1. The zero-order valence-electron chi connectivity index (χ0n) is 17.2. The van der Waals surface area contributed by atoms with Gasteiger partial charge >= 0.3 is 5.97 Å². The highest BCUT2D eigenvalue weighted by Gasteiger charge is 2.40. The van der Waals surface area contributed by atoms with Crippen molar-refractivity contribution in [2.45, 2.75) is 51.7 Å². The largest absolute Gasteiger partial charge is 0.506 e. The molecular formula is C23H24O6. The zero-order chi connectivity index (χ0) is 21.1. The molecule has 1 aliphatic carbocycles. The van der Waals surface area contributed by atoms with Gasteiger partial charge in [-0.15, -0.1) is 0 Å². The maximum atomic E-state index is 12.9. The maximum absolute atomic E-state index is 12.9. The minimum Gasteiger partial charge on any atom is -0.506 e. The summed E-state index contributed by atoms with van der Waals surface area (Å²) in [4.78, 5) is 24.4. The van der Waals surface area contributed by atoms with Crippen molar-refractivity contribution < 1.29 is 28.9 Å². The molecule has 1 aliphatic heterocycles. The van der Waals surface area contributed by atoms with Gasteiger partial charge in [0.15, 0.2) is 5.78 Å². The number of Topliss-reactive ketones (excluding diaryl/α,β-unsaturated/α-hetero) is 1. The van der Waals surface area contributed by atoms with Crippen LogP contribution in [0.25, 0.3) is 16.8 Å². The molecule has 0 spiro atoms. The number of ether oxygens (including phenoxy) is 3. The van der Waals surface area contributed by atoms with Gasteiger partial charge in [0.2, 0.25) is 0 Å². The van der Waals surface area contributed by atoms with E-state index in [1.165, 1.54) is 6.92 Å². The minimum absolute atomic E-state index is 0.0171. The molecule has 4 rings (SSSR count). The number of rotatable bonds is 2.